The first-order valence-electron chi connectivity index (χ1n) is 5.36. The van der Waals surface area contributed by atoms with E-state index in [1.54, 1.807) is 6.07 Å². The number of pyridine rings is 1. The summed E-state index contributed by atoms with van der Waals surface area (Å²) < 4.78 is 0.903. The number of nitrogens with zero attached hydrogens (tertiary/aromatic N) is 1. The molecular formula is C13H12BrNO2. The number of benzene rings is 1. The third-order valence-electron chi connectivity index (χ3n) is 2.84. The highest BCUT2D eigenvalue weighted by molar-refractivity contribution is 9.10. The second kappa shape index (κ2) is 4.45. The summed E-state index contributed by atoms with van der Waals surface area (Å²) in [5.41, 5.74) is 2.68. The number of fused-ring (bicyclic) bond motifs is 1. The van der Waals surface area contributed by atoms with Crippen LogP contribution in [0.15, 0.2) is 22.7 Å². The number of hydrogen-bond acceptors (Lipinski definition) is 2. The van der Waals surface area contributed by atoms with E-state index in [1.165, 1.54) is 0 Å². The predicted molar refractivity (Wildman–Crippen MR) is 70.5 cm³/mol. The number of rotatable bonds is 2. The first kappa shape index (κ1) is 12.0. The number of halogens is 1. The number of aromatic carboxylic acids is 1. The third kappa shape index (κ3) is 2.05. The van der Waals surface area contributed by atoms with Crippen LogP contribution in [0.5, 0.6) is 0 Å². The second-order valence-corrected chi connectivity index (χ2v) is 4.79. The van der Waals surface area contributed by atoms with Gasteiger partial charge in [-0.2, -0.15) is 0 Å². The maximum Gasteiger partial charge on any atom is 0.336 e. The number of carboxylic acid groups (broad SMARTS) is 1. The van der Waals surface area contributed by atoms with Crippen molar-refractivity contribution < 1.29 is 9.90 Å². The topological polar surface area (TPSA) is 50.2 Å². The molecule has 1 N–H and O–H groups in total. The van der Waals surface area contributed by atoms with Crippen LogP contribution < -0.4 is 0 Å². The molecule has 0 bridgehead atoms. The van der Waals surface area contributed by atoms with E-state index < -0.39 is 5.97 Å². The van der Waals surface area contributed by atoms with Gasteiger partial charge in [0.05, 0.1) is 11.1 Å². The molecule has 0 radical (unpaired) electrons. The molecule has 4 heteroatoms. The van der Waals surface area contributed by atoms with Crippen LogP contribution in [0.2, 0.25) is 0 Å². The van der Waals surface area contributed by atoms with Crippen molar-refractivity contribution in [2.75, 3.05) is 0 Å². The van der Waals surface area contributed by atoms with E-state index in [2.05, 4.69) is 20.9 Å². The largest absolute Gasteiger partial charge is 0.478 e. The van der Waals surface area contributed by atoms with Crippen LogP contribution in [-0.4, -0.2) is 16.1 Å². The van der Waals surface area contributed by atoms with Gasteiger partial charge in [-0.25, -0.2) is 4.79 Å². The van der Waals surface area contributed by atoms with Crippen LogP contribution in [0, 0.1) is 6.92 Å². The predicted octanol–water partition coefficient (Wildman–Crippen LogP) is 3.57. The first-order chi connectivity index (χ1) is 8.04. The van der Waals surface area contributed by atoms with Crippen molar-refractivity contribution in [1.29, 1.82) is 0 Å². The monoisotopic (exact) mass is 293 g/mol. The normalized spacial score (nSPS) is 10.8. The lowest BCUT2D eigenvalue weighted by Crippen LogP contribution is -2.06. The summed E-state index contributed by atoms with van der Waals surface area (Å²) in [6, 6.07) is 5.48. The third-order valence-corrected chi connectivity index (χ3v) is 3.33. The Morgan fingerprint density at radius 3 is 2.76 bits per heavy atom. The lowest BCUT2D eigenvalue weighted by atomic mass is 10.0. The second-order valence-electron chi connectivity index (χ2n) is 3.88. The minimum Gasteiger partial charge on any atom is -0.478 e. The van der Waals surface area contributed by atoms with Crippen LogP contribution in [0.25, 0.3) is 10.9 Å². The van der Waals surface area contributed by atoms with E-state index in [9.17, 15) is 9.90 Å². The quantitative estimate of drug-likeness (QED) is 0.921. The Kier molecular flexibility index (Phi) is 3.15. The first-order valence-corrected chi connectivity index (χ1v) is 6.16. The molecule has 0 aliphatic carbocycles. The van der Waals surface area contributed by atoms with Crippen molar-refractivity contribution in [3.63, 3.8) is 0 Å². The van der Waals surface area contributed by atoms with Gasteiger partial charge in [-0.1, -0.05) is 28.9 Å². The molecule has 0 atom stereocenters. The molecule has 17 heavy (non-hydrogen) atoms. The number of aryl methyl sites for hydroxylation is 1. The SMILES string of the molecule is CCc1nc2cc(Br)ccc2c(C(=O)O)c1C. The molecule has 1 aromatic heterocycles. The molecule has 1 heterocycles. The molecule has 88 valence electrons. The molecule has 0 saturated heterocycles. The highest BCUT2D eigenvalue weighted by Gasteiger charge is 2.16. The van der Waals surface area contributed by atoms with E-state index in [0.29, 0.717) is 10.9 Å². The van der Waals surface area contributed by atoms with E-state index >= 15 is 0 Å². The lowest BCUT2D eigenvalue weighted by Gasteiger charge is -2.10. The molecule has 0 aliphatic rings. The molecule has 2 aromatic rings. The Labute approximate surface area is 108 Å². The number of carbonyl (C=O) groups is 1. The summed E-state index contributed by atoms with van der Waals surface area (Å²) in [7, 11) is 0. The maximum atomic E-state index is 11.3. The molecule has 3 nitrogen and oxygen atoms in total. The van der Waals surface area contributed by atoms with Gasteiger partial charge >= 0.3 is 5.97 Å². The van der Waals surface area contributed by atoms with Gasteiger partial charge in [-0.15, -0.1) is 0 Å². The summed E-state index contributed by atoms with van der Waals surface area (Å²) in [5.74, 6) is -0.896. The average Bonchev–Trinajstić information content (AvgIpc) is 2.28. The van der Waals surface area contributed by atoms with E-state index in [1.807, 2.05) is 26.0 Å². The van der Waals surface area contributed by atoms with Gasteiger partial charge < -0.3 is 5.11 Å². The minimum atomic E-state index is -0.896. The molecule has 0 saturated carbocycles. The Bertz CT molecular complexity index is 608. The Hall–Kier alpha value is -1.42. The molecule has 2 rings (SSSR count). The van der Waals surface area contributed by atoms with Crippen molar-refractivity contribution in [3.05, 3.63) is 39.5 Å². The number of hydrogen-bond donors (Lipinski definition) is 1. The van der Waals surface area contributed by atoms with Gasteiger partial charge in [0.15, 0.2) is 0 Å². The van der Waals surface area contributed by atoms with Crippen molar-refractivity contribution in [2.24, 2.45) is 0 Å². The minimum absolute atomic E-state index is 0.361. The lowest BCUT2D eigenvalue weighted by molar-refractivity contribution is 0.0698. The van der Waals surface area contributed by atoms with Crippen LogP contribution in [0.4, 0.5) is 0 Å². The van der Waals surface area contributed by atoms with E-state index in [4.69, 9.17) is 0 Å². The van der Waals surface area contributed by atoms with Crippen LogP contribution in [-0.2, 0) is 6.42 Å². The Balaban J connectivity index is 2.91. The van der Waals surface area contributed by atoms with Crippen molar-refractivity contribution >= 4 is 32.8 Å². The van der Waals surface area contributed by atoms with Crippen molar-refractivity contribution in [1.82, 2.24) is 4.98 Å². The molecule has 0 unspecified atom stereocenters. The highest BCUT2D eigenvalue weighted by Crippen LogP contribution is 2.26. The van der Waals surface area contributed by atoms with Gasteiger partial charge in [0, 0.05) is 15.6 Å². The zero-order valence-corrected chi connectivity index (χ0v) is 11.2. The summed E-state index contributed by atoms with van der Waals surface area (Å²) in [5, 5.41) is 10.0. The summed E-state index contributed by atoms with van der Waals surface area (Å²) >= 11 is 3.37. The fourth-order valence-corrected chi connectivity index (χ4v) is 2.35. The summed E-state index contributed by atoms with van der Waals surface area (Å²) in [6.07, 6.45) is 0.731. The van der Waals surface area contributed by atoms with Crippen LogP contribution >= 0.6 is 15.9 Å². The molecule has 0 amide bonds. The van der Waals surface area contributed by atoms with Gasteiger partial charge in [0.2, 0.25) is 0 Å². The van der Waals surface area contributed by atoms with Gasteiger partial charge in [0.25, 0.3) is 0 Å². The molecule has 0 aliphatic heterocycles. The molecule has 0 fully saturated rings. The Morgan fingerprint density at radius 1 is 1.47 bits per heavy atom. The number of aromatic nitrogens is 1. The van der Waals surface area contributed by atoms with Crippen molar-refractivity contribution in [2.45, 2.75) is 20.3 Å². The molecule has 1 aromatic carbocycles. The smallest absolute Gasteiger partial charge is 0.336 e. The van der Waals surface area contributed by atoms with E-state index in [0.717, 1.165) is 27.7 Å². The zero-order valence-electron chi connectivity index (χ0n) is 9.62. The maximum absolute atomic E-state index is 11.3. The molecule has 0 spiro atoms. The number of carboxylic acids is 1. The van der Waals surface area contributed by atoms with Gasteiger partial charge in [0.1, 0.15) is 0 Å². The van der Waals surface area contributed by atoms with Crippen LogP contribution in [0.1, 0.15) is 28.5 Å². The highest BCUT2D eigenvalue weighted by atomic mass is 79.9. The van der Waals surface area contributed by atoms with Gasteiger partial charge in [-0.3, -0.25) is 4.98 Å². The van der Waals surface area contributed by atoms with Gasteiger partial charge in [-0.05, 0) is 31.0 Å². The molecular weight excluding hydrogens is 282 g/mol. The summed E-state index contributed by atoms with van der Waals surface area (Å²) in [6.45, 7) is 3.79. The van der Waals surface area contributed by atoms with Crippen molar-refractivity contribution in [3.8, 4) is 0 Å². The van der Waals surface area contributed by atoms with Crippen LogP contribution in [0.3, 0.4) is 0 Å². The fourth-order valence-electron chi connectivity index (χ4n) is 2.00. The Morgan fingerprint density at radius 2 is 2.18 bits per heavy atom. The average molecular weight is 294 g/mol. The fraction of sp³-hybridized carbons (Fsp3) is 0.231. The van der Waals surface area contributed by atoms with E-state index in [-0.39, 0.29) is 0 Å². The summed E-state index contributed by atoms with van der Waals surface area (Å²) in [4.78, 5) is 15.9. The standard InChI is InChI=1S/C13H12BrNO2/c1-3-10-7(2)12(13(16)17)9-5-4-8(14)6-11(9)15-10/h4-6H,3H2,1-2H3,(H,16,17). The zero-order chi connectivity index (χ0) is 12.6.